The SMILES string of the molecule is FC(F)(F)c1cc(N2COc3ccccc3C2)ccc1Cl. The van der Waals surface area contributed by atoms with Gasteiger partial charge in [-0.2, -0.15) is 13.2 Å². The smallest absolute Gasteiger partial charge is 0.417 e. The molecule has 0 N–H and O–H groups in total. The molecule has 0 radical (unpaired) electrons. The highest BCUT2D eigenvalue weighted by atomic mass is 35.5. The van der Waals surface area contributed by atoms with Gasteiger partial charge in [0.1, 0.15) is 5.75 Å². The summed E-state index contributed by atoms with van der Waals surface area (Å²) >= 11 is 5.63. The van der Waals surface area contributed by atoms with Crippen LogP contribution in [0.4, 0.5) is 18.9 Å². The van der Waals surface area contributed by atoms with E-state index in [1.807, 2.05) is 24.3 Å². The van der Waals surface area contributed by atoms with Crippen molar-refractivity contribution >= 4 is 17.3 Å². The molecule has 21 heavy (non-hydrogen) atoms. The lowest BCUT2D eigenvalue weighted by atomic mass is 10.1. The molecule has 1 heterocycles. The first-order valence-corrected chi connectivity index (χ1v) is 6.65. The molecule has 3 rings (SSSR count). The monoisotopic (exact) mass is 313 g/mol. The first-order valence-electron chi connectivity index (χ1n) is 6.27. The fourth-order valence-electron chi connectivity index (χ4n) is 2.27. The van der Waals surface area contributed by atoms with Gasteiger partial charge in [-0.3, -0.25) is 0 Å². The molecule has 110 valence electrons. The number of alkyl halides is 3. The Kier molecular flexibility index (Phi) is 3.45. The van der Waals surface area contributed by atoms with Crippen LogP contribution < -0.4 is 9.64 Å². The molecule has 0 saturated heterocycles. The maximum atomic E-state index is 12.9. The lowest BCUT2D eigenvalue weighted by Crippen LogP contribution is -2.32. The van der Waals surface area contributed by atoms with E-state index in [1.54, 1.807) is 11.0 Å². The third-order valence-corrected chi connectivity index (χ3v) is 3.66. The molecule has 0 atom stereocenters. The fraction of sp³-hybridized carbons (Fsp3) is 0.200. The number of nitrogens with zero attached hydrogens (tertiary/aromatic N) is 1. The zero-order valence-electron chi connectivity index (χ0n) is 10.8. The van der Waals surface area contributed by atoms with E-state index in [0.29, 0.717) is 12.2 Å². The highest BCUT2D eigenvalue weighted by Gasteiger charge is 2.34. The van der Waals surface area contributed by atoms with Gasteiger partial charge in [-0.25, -0.2) is 0 Å². The Balaban J connectivity index is 1.92. The highest BCUT2D eigenvalue weighted by Crippen LogP contribution is 2.38. The minimum atomic E-state index is -4.47. The summed E-state index contributed by atoms with van der Waals surface area (Å²) in [6.07, 6.45) is -4.47. The highest BCUT2D eigenvalue weighted by molar-refractivity contribution is 6.31. The molecule has 0 saturated carbocycles. The number of fused-ring (bicyclic) bond motifs is 1. The van der Waals surface area contributed by atoms with Crippen LogP contribution in [0, 0.1) is 0 Å². The van der Waals surface area contributed by atoms with Gasteiger partial charge < -0.3 is 9.64 Å². The Hall–Kier alpha value is -1.88. The van der Waals surface area contributed by atoms with Gasteiger partial charge in [-0.1, -0.05) is 29.8 Å². The van der Waals surface area contributed by atoms with Crippen LogP contribution in [-0.4, -0.2) is 6.73 Å². The molecule has 0 unspecified atom stereocenters. The Morgan fingerprint density at radius 2 is 1.86 bits per heavy atom. The van der Waals surface area contributed by atoms with Gasteiger partial charge in [-0.15, -0.1) is 0 Å². The van der Waals surface area contributed by atoms with Crippen molar-refractivity contribution in [3.63, 3.8) is 0 Å². The second-order valence-electron chi connectivity index (χ2n) is 4.74. The van der Waals surface area contributed by atoms with Crippen LogP contribution in [0.25, 0.3) is 0 Å². The summed E-state index contributed by atoms with van der Waals surface area (Å²) in [6, 6.07) is 11.3. The first-order chi connectivity index (χ1) is 9.95. The van der Waals surface area contributed by atoms with E-state index in [4.69, 9.17) is 16.3 Å². The predicted octanol–water partition coefficient (Wildman–Crippen LogP) is 4.72. The van der Waals surface area contributed by atoms with Crippen molar-refractivity contribution < 1.29 is 17.9 Å². The van der Waals surface area contributed by atoms with E-state index >= 15 is 0 Å². The van der Waals surface area contributed by atoms with Crippen LogP contribution in [0.2, 0.25) is 5.02 Å². The largest absolute Gasteiger partial charge is 0.473 e. The summed E-state index contributed by atoms with van der Waals surface area (Å²) in [5.41, 5.74) is 0.536. The number of hydrogen-bond donors (Lipinski definition) is 0. The Bertz CT molecular complexity index is 672. The van der Waals surface area contributed by atoms with E-state index in [-0.39, 0.29) is 11.8 Å². The second kappa shape index (κ2) is 5.15. The van der Waals surface area contributed by atoms with Crippen LogP contribution in [0.15, 0.2) is 42.5 Å². The number of anilines is 1. The van der Waals surface area contributed by atoms with Crippen molar-refractivity contribution in [1.82, 2.24) is 0 Å². The van der Waals surface area contributed by atoms with Crippen molar-refractivity contribution in [2.45, 2.75) is 12.7 Å². The standard InChI is InChI=1S/C15H11ClF3NO/c16-13-6-5-11(7-12(13)15(17,18)19)20-8-10-3-1-2-4-14(10)21-9-20/h1-7H,8-9H2. The summed E-state index contributed by atoms with van der Waals surface area (Å²) in [5.74, 6) is 0.763. The van der Waals surface area contributed by atoms with Gasteiger partial charge >= 0.3 is 6.18 Å². The molecule has 0 amide bonds. The number of halogens is 4. The van der Waals surface area contributed by atoms with Crippen molar-refractivity contribution in [3.8, 4) is 5.75 Å². The molecule has 0 aliphatic carbocycles. The topological polar surface area (TPSA) is 12.5 Å². The van der Waals surface area contributed by atoms with E-state index in [0.717, 1.165) is 17.4 Å². The molecule has 0 spiro atoms. The minimum absolute atomic E-state index is 0.204. The Morgan fingerprint density at radius 1 is 1.10 bits per heavy atom. The summed E-state index contributed by atoms with van der Waals surface area (Å²) in [4.78, 5) is 1.73. The molecule has 0 bridgehead atoms. The van der Waals surface area contributed by atoms with Crippen LogP contribution in [-0.2, 0) is 12.7 Å². The van der Waals surface area contributed by atoms with Crippen molar-refractivity contribution in [2.75, 3.05) is 11.6 Å². The predicted molar refractivity (Wildman–Crippen MR) is 74.6 cm³/mol. The van der Waals surface area contributed by atoms with Gasteiger partial charge in [-0.05, 0) is 24.3 Å². The fourth-order valence-corrected chi connectivity index (χ4v) is 2.49. The van der Waals surface area contributed by atoms with Crippen LogP contribution in [0.5, 0.6) is 5.75 Å². The molecule has 6 heteroatoms. The lowest BCUT2D eigenvalue weighted by molar-refractivity contribution is -0.137. The number of hydrogen-bond acceptors (Lipinski definition) is 2. The van der Waals surface area contributed by atoms with Gasteiger partial charge in [0.2, 0.25) is 0 Å². The Morgan fingerprint density at radius 3 is 2.62 bits per heavy atom. The second-order valence-corrected chi connectivity index (χ2v) is 5.15. The lowest BCUT2D eigenvalue weighted by Gasteiger charge is -2.31. The van der Waals surface area contributed by atoms with Gasteiger partial charge in [0.05, 0.1) is 10.6 Å². The van der Waals surface area contributed by atoms with E-state index < -0.39 is 11.7 Å². The van der Waals surface area contributed by atoms with E-state index in [9.17, 15) is 13.2 Å². The molecule has 1 aliphatic rings. The van der Waals surface area contributed by atoms with E-state index in [1.165, 1.54) is 6.07 Å². The summed E-state index contributed by atoms with van der Waals surface area (Å²) in [5, 5.41) is -0.301. The van der Waals surface area contributed by atoms with Gasteiger partial charge in [0, 0.05) is 17.8 Å². The van der Waals surface area contributed by atoms with Crippen LogP contribution >= 0.6 is 11.6 Å². The van der Waals surface area contributed by atoms with Crippen molar-refractivity contribution in [1.29, 1.82) is 0 Å². The first kappa shape index (κ1) is 14.1. The third-order valence-electron chi connectivity index (χ3n) is 3.33. The zero-order chi connectivity index (χ0) is 15.0. The molecular formula is C15H11ClF3NO. The minimum Gasteiger partial charge on any atom is -0.473 e. The molecule has 2 nitrogen and oxygen atoms in total. The molecular weight excluding hydrogens is 303 g/mol. The molecule has 2 aromatic carbocycles. The average Bonchev–Trinajstić information content (AvgIpc) is 2.46. The van der Waals surface area contributed by atoms with Gasteiger partial charge in [0.25, 0.3) is 0 Å². The number of ether oxygens (including phenoxy) is 1. The molecule has 0 aromatic heterocycles. The number of benzene rings is 2. The maximum Gasteiger partial charge on any atom is 0.417 e. The van der Waals surface area contributed by atoms with Crippen molar-refractivity contribution in [2.24, 2.45) is 0 Å². The quantitative estimate of drug-likeness (QED) is 0.755. The summed E-state index contributed by atoms with van der Waals surface area (Å²) < 4.78 is 44.3. The zero-order valence-corrected chi connectivity index (χ0v) is 11.6. The normalized spacial score (nSPS) is 14.6. The average molecular weight is 314 g/mol. The number of rotatable bonds is 1. The van der Waals surface area contributed by atoms with Crippen LogP contribution in [0.3, 0.4) is 0 Å². The summed E-state index contributed by atoms with van der Waals surface area (Å²) in [6.45, 7) is 0.699. The number of para-hydroxylation sites is 1. The van der Waals surface area contributed by atoms with Gasteiger partial charge in [0.15, 0.2) is 6.73 Å². The maximum absolute atomic E-state index is 12.9. The summed E-state index contributed by atoms with van der Waals surface area (Å²) in [7, 11) is 0. The van der Waals surface area contributed by atoms with E-state index in [2.05, 4.69) is 0 Å². The molecule has 0 fully saturated rings. The van der Waals surface area contributed by atoms with Crippen molar-refractivity contribution in [3.05, 3.63) is 58.6 Å². The van der Waals surface area contributed by atoms with Crippen LogP contribution in [0.1, 0.15) is 11.1 Å². The third kappa shape index (κ3) is 2.78. The molecule has 1 aliphatic heterocycles. The Labute approximate surface area is 124 Å². The molecule has 2 aromatic rings.